The minimum Gasteiger partial charge on any atom is -0.394 e. The Morgan fingerprint density at radius 1 is 0.289 bits per heavy atom. The number of unbranched alkanes of at least 4 members (excludes halogenated alkanes) is 13. The molecule has 0 heterocycles. The van der Waals surface area contributed by atoms with Crippen LogP contribution >= 0.6 is 0 Å². The van der Waals surface area contributed by atoms with E-state index in [0.717, 1.165) is 13.0 Å². The van der Waals surface area contributed by atoms with Crippen LogP contribution in [0.25, 0.3) is 0 Å². The van der Waals surface area contributed by atoms with Crippen molar-refractivity contribution in [2.75, 3.05) is 99.1 Å². The Morgan fingerprint density at radius 2 is 0.526 bits per heavy atom. The van der Waals surface area contributed by atoms with Crippen LogP contribution in [0.5, 0.6) is 0 Å². The highest BCUT2D eigenvalue weighted by Gasteiger charge is 1.96. The molecule has 38 heavy (non-hydrogen) atoms. The zero-order chi connectivity index (χ0) is 27.5. The Bertz CT molecular complexity index is 364. The van der Waals surface area contributed by atoms with Gasteiger partial charge in [0.25, 0.3) is 0 Å². The SMILES string of the molecule is CCCCCCCCCCCCCCCCOCCOCCOCCOCCOCCOCCOCCO. The lowest BCUT2D eigenvalue weighted by molar-refractivity contribution is -0.0215. The van der Waals surface area contributed by atoms with Crippen LogP contribution in [0.4, 0.5) is 0 Å². The van der Waals surface area contributed by atoms with Gasteiger partial charge in [-0.05, 0) is 6.42 Å². The van der Waals surface area contributed by atoms with Crippen molar-refractivity contribution in [1.29, 1.82) is 0 Å². The molecule has 8 heteroatoms. The molecule has 0 radical (unpaired) electrons. The second kappa shape index (κ2) is 36.7. The second-order valence-corrected chi connectivity index (χ2v) is 9.61. The van der Waals surface area contributed by atoms with Gasteiger partial charge in [-0.3, -0.25) is 0 Å². The van der Waals surface area contributed by atoms with Crippen LogP contribution in [-0.4, -0.2) is 104 Å². The summed E-state index contributed by atoms with van der Waals surface area (Å²) in [4.78, 5) is 0. The molecule has 0 saturated carbocycles. The molecule has 0 spiro atoms. The number of aliphatic hydroxyl groups is 1. The molecule has 0 aromatic heterocycles. The van der Waals surface area contributed by atoms with Gasteiger partial charge in [0.05, 0.1) is 92.5 Å². The number of hydrogen-bond donors (Lipinski definition) is 1. The monoisotopic (exact) mass is 550 g/mol. The number of rotatable bonds is 35. The fraction of sp³-hybridized carbons (Fsp3) is 1.00. The maximum Gasteiger partial charge on any atom is 0.0701 e. The van der Waals surface area contributed by atoms with Crippen LogP contribution in [-0.2, 0) is 33.2 Å². The van der Waals surface area contributed by atoms with E-state index in [-0.39, 0.29) is 6.61 Å². The lowest BCUT2D eigenvalue weighted by atomic mass is 10.0. The van der Waals surface area contributed by atoms with Gasteiger partial charge in [-0.2, -0.15) is 0 Å². The van der Waals surface area contributed by atoms with Crippen molar-refractivity contribution < 1.29 is 38.3 Å². The smallest absolute Gasteiger partial charge is 0.0701 e. The van der Waals surface area contributed by atoms with Crippen molar-refractivity contribution >= 4 is 0 Å². The minimum atomic E-state index is 0.0387. The molecule has 0 rings (SSSR count). The average Bonchev–Trinajstić information content (AvgIpc) is 2.93. The van der Waals surface area contributed by atoms with Crippen LogP contribution in [0.3, 0.4) is 0 Å². The zero-order valence-electron chi connectivity index (χ0n) is 24.8. The molecular formula is C30H62O8. The summed E-state index contributed by atoms with van der Waals surface area (Å²) >= 11 is 0. The quantitative estimate of drug-likeness (QED) is 0.102. The molecule has 0 aromatic rings. The molecular weight excluding hydrogens is 488 g/mol. The van der Waals surface area contributed by atoms with Gasteiger partial charge in [0.2, 0.25) is 0 Å². The molecule has 0 aromatic carbocycles. The lowest BCUT2D eigenvalue weighted by Crippen LogP contribution is -2.14. The fourth-order valence-electron chi connectivity index (χ4n) is 3.88. The van der Waals surface area contributed by atoms with E-state index in [0.29, 0.717) is 85.9 Å². The molecule has 0 aliphatic rings. The summed E-state index contributed by atoms with van der Waals surface area (Å²) in [5, 5.41) is 8.57. The van der Waals surface area contributed by atoms with E-state index in [4.69, 9.17) is 38.3 Å². The predicted octanol–water partition coefficient (Wildman–Crippen LogP) is 5.58. The third kappa shape index (κ3) is 35.7. The van der Waals surface area contributed by atoms with E-state index in [9.17, 15) is 0 Å². The fourth-order valence-corrected chi connectivity index (χ4v) is 3.88. The van der Waals surface area contributed by atoms with E-state index in [1.165, 1.54) is 83.5 Å². The Morgan fingerprint density at radius 3 is 0.816 bits per heavy atom. The van der Waals surface area contributed by atoms with Gasteiger partial charge >= 0.3 is 0 Å². The van der Waals surface area contributed by atoms with Crippen LogP contribution < -0.4 is 0 Å². The molecule has 0 fully saturated rings. The molecule has 0 amide bonds. The first-order valence-electron chi connectivity index (χ1n) is 15.6. The highest BCUT2D eigenvalue weighted by atomic mass is 16.6. The van der Waals surface area contributed by atoms with Gasteiger partial charge in [0.1, 0.15) is 0 Å². The van der Waals surface area contributed by atoms with E-state index >= 15 is 0 Å². The largest absolute Gasteiger partial charge is 0.394 e. The summed E-state index contributed by atoms with van der Waals surface area (Å²) in [5.74, 6) is 0. The molecule has 230 valence electrons. The third-order valence-electron chi connectivity index (χ3n) is 6.11. The van der Waals surface area contributed by atoms with Crippen LogP contribution in [0, 0.1) is 0 Å². The lowest BCUT2D eigenvalue weighted by Gasteiger charge is -2.08. The molecule has 0 aliphatic heterocycles. The van der Waals surface area contributed by atoms with Crippen molar-refractivity contribution in [2.24, 2.45) is 0 Å². The standard InChI is InChI=1S/C30H62O8/c1-2-3-4-5-6-7-8-9-10-11-12-13-14-15-17-32-19-21-34-23-25-36-27-29-38-30-28-37-26-24-35-22-20-33-18-16-31/h31H,2-30H2,1H3. The van der Waals surface area contributed by atoms with E-state index in [2.05, 4.69) is 6.92 Å². The van der Waals surface area contributed by atoms with Crippen LogP contribution in [0.1, 0.15) is 96.8 Å². The molecule has 1 N–H and O–H groups in total. The molecule has 0 bridgehead atoms. The predicted molar refractivity (Wildman–Crippen MR) is 153 cm³/mol. The Labute approximate surface area is 234 Å². The maximum atomic E-state index is 8.57. The summed E-state index contributed by atoms with van der Waals surface area (Å²) in [5.41, 5.74) is 0. The summed E-state index contributed by atoms with van der Waals surface area (Å²) in [6.07, 6.45) is 19.3. The normalized spacial score (nSPS) is 11.5. The number of ether oxygens (including phenoxy) is 7. The van der Waals surface area contributed by atoms with Gasteiger partial charge in [-0.1, -0.05) is 90.4 Å². The third-order valence-corrected chi connectivity index (χ3v) is 6.11. The first-order chi connectivity index (χ1) is 18.9. The van der Waals surface area contributed by atoms with Crippen molar-refractivity contribution in [3.8, 4) is 0 Å². The zero-order valence-corrected chi connectivity index (χ0v) is 24.8. The van der Waals surface area contributed by atoms with Crippen LogP contribution in [0.2, 0.25) is 0 Å². The Balaban J connectivity index is 3.01. The van der Waals surface area contributed by atoms with E-state index in [1.54, 1.807) is 0 Å². The molecule has 8 nitrogen and oxygen atoms in total. The van der Waals surface area contributed by atoms with E-state index < -0.39 is 0 Å². The first-order valence-corrected chi connectivity index (χ1v) is 15.6. The van der Waals surface area contributed by atoms with Gasteiger partial charge < -0.3 is 38.3 Å². The van der Waals surface area contributed by atoms with Crippen molar-refractivity contribution in [3.63, 3.8) is 0 Å². The Kier molecular flexibility index (Phi) is 36.4. The summed E-state index contributed by atoms with van der Waals surface area (Å²) < 4.78 is 38.0. The maximum absolute atomic E-state index is 8.57. The van der Waals surface area contributed by atoms with Crippen molar-refractivity contribution in [3.05, 3.63) is 0 Å². The van der Waals surface area contributed by atoms with Gasteiger partial charge in [0, 0.05) is 6.61 Å². The molecule has 0 unspecified atom stereocenters. The molecule has 0 aliphatic carbocycles. The highest BCUT2D eigenvalue weighted by molar-refractivity contribution is 4.49. The van der Waals surface area contributed by atoms with Crippen molar-refractivity contribution in [2.45, 2.75) is 96.8 Å². The first kappa shape index (κ1) is 37.7. The van der Waals surface area contributed by atoms with Gasteiger partial charge in [-0.15, -0.1) is 0 Å². The summed E-state index contributed by atoms with van der Waals surface area (Å²) in [7, 11) is 0. The molecule has 0 saturated heterocycles. The summed E-state index contributed by atoms with van der Waals surface area (Å²) in [6.45, 7) is 10.2. The number of aliphatic hydroxyl groups excluding tert-OH is 1. The number of hydrogen-bond acceptors (Lipinski definition) is 8. The summed E-state index contributed by atoms with van der Waals surface area (Å²) in [6, 6.07) is 0. The average molecular weight is 551 g/mol. The van der Waals surface area contributed by atoms with Gasteiger partial charge in [0.15, 0.2) is 0 Å². The van der Waals surface area contributed by atoms with Crippen molar-refractivity contribution in [1.82, 2.24) is 0 Å². The van der Waals surface area contributed by atoms with E-state index in [1.807, 2.05) is 0 Å². The second-order valence-electron chi connectivity index (χ2n) is 9.61. The highest BCUT2D eigenvalue weighted by Crippen LogP contribution is 2.12. The van der Waals surface area contributed by atoms with Gasteiger partial charge in [-0.25, -0.2) is 0 Å². The molecule has 0 atom stereocenters. The topological polar surface area (TPSA) is 84.8 Å². The van der Waals surface area contributed by atoms with Crippen LogP contribution in [0.15, 0.2) is 0 Å². The minimum absolute atomic E-state index is 0.0387. The Hall–Kier alpha value is -0.320.